The molecule has 0 bridgehead atoms. The van der Waals surface area contributed by atoms with Gasteiger partial charge >= 0.3 is 6.18 Å². The van der Waals surface area contributed by atoms with E-state index in [0.29, 0.717) is 5.56 Å². The SMILES string of the molecule is CC1(C)O[C@@H]2[C@@H](Oc3cccc(C(F)(F)F)n3)[C@@H](c3ccccc3)O[C@H](C(F)F)[C@@H]2O1. The van der Waals surface area contributed by atoms with Gasteiger partial charge in [0.05, 0.1) is 0 Å². The van der Waals surface area contributed by atoms with Gasteiger partial charge < -0.3 is 18.9 Å². The van der Waals surface area contributed by atoms with Crippen LogP contribution in [0.25, 0.3) is 0 Å². The molecule has 10 heteroatoms. The number of benzene rings is 1. The van der Waals surface area contributed by atoms with Crippen molar-refractivity contribution in [2.75, 3.05) is 0 Å². The molecule has 168 valence electrons. The zero-order valence-corrected chi connectivity index (χ0v) is 16.6. The summed E-state index contributed by atoms with van der Waals surface area (Å²) in [6.45, 7) is 3.12. The molecule has 4 rings (SSSR count). The molecular formula is C21H20F5NO4. The van der Waals surface area contributed by atoms with Gasteiger partial charge in [0.15, 0.2) is 11.9 Å². The van der Waals surface area contributed by atoms with Gasteiger partial charge in [0.1, 0.15) is 30.1 Å². The lowest BCUT2D eigenvalue weighted by Gasteiger charge is -2.42. The van der Waals surface area contributed by atoms with Crippen molar-refractivity contribution < 1.29 is 40.9 Å². The molecule has 5 atom stereocenters. The molecule has 0 aliphatic carbocycles. The highest BCUT2D eigenvalue weighted by Gasteiger charge is 2.58. The van der Waals surface area contributed by atoms with Crippen LogP contribution in [0.1, 0.15) is 31.2 Å². The number of pyridine rings is 1. The van der Waals surface area contributed by atoms with Gasteiger partial charge in [0.25, 0.3) is 6.43 Å². The number of fused-ring (bicyclic) bond motifs is 1. The van der Waals surface area contributed by atoms with Gasteiger partial charge in [-0.15, -0.1) is 0 Å². The van der Waals surface area contributed by atoms with Gasteiger partial charge in [-0.25, -0.2) is 13.8 Å². The standard InChI is InChI=1S/C21H20F5NO4/c1-20(2)30-16-15(28-13-10-6-9-12(27-13)21(24,25)26)14(11-7-4-3-5-8-11)29-18(19(22)23)17(16)31-20/h3-10,14-19H,1-2H3/t14-,15+,16-,17-,18+/m1/s1. The summed E-state index contributed by atoms with van der Waals surface area (Å²) in [4.78, 5) is 3.52. The minimum absolute atomic E-state index is 0.327. The lowest BCUT2D eigenvalue weighted by molar-refractivity contribution is -0.217. The van der Waals surface area contributed by atoms with Crippen LogP contribution in [-0.4, -0.2) is 41.6 Å². The van der Waals surface area contributed by atoms with E-state index in [1.54, 1.807) is 44.2 Å². The number of halogens is 5. The van der Waals surface area contributed by atoms with Crippen LogP contribution in [0.5, 0.6) is 5.88 Å². The molecule has 2 aliphatic heterocycles. The van der Waals surface area contributed by atoms with Gasteiger partial charge in [-0.05, 0) is 25.5 Å². The summed E-state index contributed by atoms with van der Waals surface area (Å²) in [5, 5.41) is 0. The minimum atomic E-state index is -4.67. The quantitative estimate of drug-likeness (QED) is 0.635. The molecular weight excluding hydrogens is 425 g/mol. The highest BCUT2D eigenvalue weighted by Crippen LogP contribution is 2.45. The Labute approximate surface area is 175 Å². The molecule has 0 saturated carbocycles. The summed E-state index contributed by atoms with van der Waals surface area (Å²) in [6.07, 6.45) is -13.5. The van der Waals surface area contributed by atoms with Crippen molar-refractivity contribution >= 4 is 0 Å². The maximum Gasteiger partial charge on any atom is 0.433 e. The van der Waals surface area contributed by atoms with Crippen molar-refractivity contribution in [1.82, 2.24) is 4.98 Å². The summed E-state index contributed by atoms with van der Waals surface area (Å²) in [5.41, 5.74) is -0.624. The molecule has 3 heterocycles. The Balaban J connectivity index is 1.73. The second-order valence-corrected chi connectivity index (χ2v) is 7.77. The van der Waals surface area contributed by atoms with Gasteiger partial charge in [-0.2, -0.15) is 13.2 Å². The molecule has 1 aromatic carbocycles. The van der Waals surface area contributed by atoms with E-state index in [-0.39, 0.29) is 5.88 Å². The van der Waals surface area contributed by atoms with E-state index in [9.17, 15) is 22.0 Å². The summed E-state index contributed by atoms with van der Waals surface area (Å²) in [7, 11) is 0. The average Bonchev–Trinajstić information content (AvgIpc) is 3.03. The van der Waals surface area contributed by atoms with Crippen molar-refractivity contribution in [1.29, 1.82) is 0 Å². The monoisotopic (exact) mass is 445 g/mol. The van der Waals surface area contributed by atoms with Crippen molar-refractivity contribution in [3.8, 4) is 5.88 Å². The van der Waals surface area contributed by atoms with Crippen LogP contribution >= 0.6 is 0 Å². The van der Waals surface area contributed by atoms with Crippen LogP contribution in [0.15, 0.2) is 48.5 Å². The Morgan fingerprint density at radius 1 is 0.968 bits per heavy atom. The van der Waals surface area contributed by atoms with Crippen molar-refractivity contribution in [3.63, 3.8) is 0 Å². The number of ether oxygens (including phenoxy) is 4. The summed E-state index contributed by atoms with van der Waals surface area (Å²) in [6, 6.07) is 11.7. The lowest BCUT2D eigenvalue weighted by Crippen LogP contribution is -2.57. The van der Waals surface area contributed by atoms with Crippen LogP contribution in [-0.2, 0) is 20.4 Å². The van der Waals surface area contributed by atoms with E-state index in [4.69, 9.17) is 18.9 Å². The lowest BCUT2D eigenvalue weighted by atomic mass is 9.91. The topological polar surface area (TPSA) is 49.8 Å². The van der Waals surface area contributed by atoms with Crippen LogP contribution in [0.4, 0.5) is 22.0 Å². The summed E-state index contributed by atoms with van der Waals surface area (Å²) < 4.78 is 89.8. The first-order valence-corrected chi connectivity index (χ1v) is 9.60. The molecule has 0 radical (unpaired) electrons. The van der Waals surface area contributed by atoms with Crippen LogP contribution in [0.3, 0.4) is 0 Å². The Bertz CT molecular complexity index is 908. The predicted molar refractivity (Wildman–Crippen MR) is 97.5 cm³/mol. The van der Waals surface area contributed by atoms with E-state index >= 15 is 0 Å². The molecule has 0 N–H and O–H groups in total. The molecule has 31 heavy (non-hydrogen) atoms. The maximum absolute atomic E-state index is 13.8. The van der Waals surface area contributed by atoms with Crippen LogP contribution in [0, 0.1) is 0 Å². The minimum Gasteiger partial charge on any atom is -0.468 e. The first-order valence-electron chi connectivity index (χ1n) is 9.60. The molecule has 2 fully saturated rings. The third kappa shape index (κ3) is 4.51. The van der Waals surface area contributed by atoms with Gasteiger partial charge in [-0.3, -0.25) is 0 Å². The van der Waals surface area contributed by atoms with Crippen molar-refractivity contribution in [2.24, 2.45) is 0 Å². The van der Waals surface area contributed by atoms with Gasteiger partial charge in [0, 0.05) is 6.07 Å². The fraction of sp³-hybridized carbons (Fsp3) is 0.476. The van der Waals surface area contributed by atoms with Crippen LogP contribution in [0.2, 0.25) is 0 Å². The molecule has 0 amide bonds. The largest absolute Gasteiger partial charge is 0.468 e. The fourth-order valence-corrected chi connectivity index (χ4v) is 3.84. The number of alkyl halides is 5. The Morgan fingerprint density at radius 3 is 2.29 bits per heavy atom. The van der Waals surface area contributed by atoms with Crippen molar-refractivity contribution in [2.45, 2.75) is 62.8 Å². The highest BCUT2D eigenvalue weighted by molar-refractivity contribution is 5.24. The molecule has 2 aliphatic rings. The second-order valence-electron chi connectivity index (χ2n) is 7.77. The Kier molecular flexibility index (Phi) is 5.65. The number of nitrogens with zero attached hydrogens (tertiary/aromatic N) is 1. The third-order valence-corrected chi connectivity index (χ3v) is 5.06. The smallest absolute Gasteiger partial charge is 0.433 e. The van der Waals surface area contributed by atoms with E-state index in [2.05, 4.69) is 4.98 Å². The average molecular weight is 445 g/mol. The van der Waals surface area contributed by atoms with E-state index < -0.39 is 54.6 Å². The number of hydrogen-bond acceptors (Lipinski definition) is 5. The zero-order valence-electron chi connectivity index (χ0n) is 16.6. The number of aromatic nitrogens is 1. The third-order valence-electron chi connectivity index (χ3n) is 5.06. The predicted octanol–water partition coefficient (Wildman–Crippen LogP) is 4.77. The van der Waals surface area contributed by atoms with E-state index in [0.717, 1.165) is 12.1 Å². The molecule has 5 nitrogen and oxygen atoms in total. The maximum atomic E-state index is 13.8. The van der Waals surface area contributed by atoms with E-state index in [1.807, 2.05) is 0 Å². The number of hydrogen-bond donors (Lipinski definition) is 0. The molecule has 1 aromatic heterocycles. The van der Waals surface area contributed by atoms with Gasteiger partial charge in [0.2, 0.25) is 5.88 Å². The first-order chi connectivity index (χ1) is 14.5. The second kappa shape index (κ2) is 7.99. The molecule has 0 spiro atoms. The normalized spacial score (nSPS) is 30.3. The number of rotatable bonds is 4. The molecule has 2 saturated heterocycles. The van der Waals surface area contributed by atoms with Crippen molar-refractivity contribution in [3.05, 3.63) is 59.8 Å². The Hall–Kier alpha value is -2.30. The molecule has 2 aromatic rings. The summed E-state index contributed by atoms with van der Waals surface area (Å²) in [5.74, 6) is -1.54. The van der Waals surface area contributed by atoms with Crippen LogP contribution < -0.4 is 4.74 Å². The zero-order chi connectivity index (χ0) is 22.4. The van der Waals surface area contributed by atoms with Gasteiger partial charge in [-0.1, -0.05) is 36.4 Å². The molecule has 0 unspecified atom stereocenters. The fourth-order valence-electron chi connectivity index (χ4n) is 3.84. The first kappa shape index (κ1) is 21.9. The van der Waals surface area contributed by atoms with E-state index in [1.165, 1.54) is 6.07 Å². The highest BCUT2D eigenvalue weighted by atomic mass is 19.4. The summed E-state index contributed by atoms with van der Waals surface area (Å²) >= 11 is 0. The Morgan fingerprint density at radius 2 is 1.65 bits per heavy atom.